The minimum atomic E-state index is -0.521. The van der Waals surface area contributed by atoms with Crippen molar-refractivity contribution in [1.29, 1.82) is 0 Å². The molecule has 1 unspecified atom stereocenters. The number of esters is 1. The molecule has 20 heavy (non-hydrogen) atoms. The SMILES string of the molecule is COC(=O)c1ccc(Cl)cc1NC(=O)CCC(C)CN. The van der Waals surface area contributed by atoms with Gasteiger partial charge < -0.3 is 15.8 Å². The lowest BCUT2D eigenvalue weighted by Crippen LogP contribution is -2.18. The largest absolute Gasteiger partial charge is 0.465 e. The number of nitrogens with two attached hydrogens (primary N) is 1. The van der Waals surface area contributed by atoms with Crippen LogP contribution in [0.2, 0.25) is 5.02 Å². The van der Waals surface area contributed by atoms with Gasteiger partial charge in [0.1, 0.15) is 0 Å². The smallest absolute Gasteiger partial charge is 0.339 e. The number of nitrogens with one attached hydrogen (secondary N) is 1. The van der Waals surface area contributed by atoms with Crippen molar-refractivity contribution in [3.05, 3.63) is 28.8 Å². The van der Waals surface area contributed by atoms with Crippen molar-refractivity contribution in [2.75, 3.05) is 19.0 Å². The van der Waals surface area contributed by atoms with E-state index < -0.39 is 5.97 Å². The Hall–Kier alpha value is -1.59. The highest BCUT2D eigenvalue weighted by atomic mass is 35.5. The molecule has 0 aliphatic rings. The predicted molar refractivity (Wildman–Crippen MR) is 78.9 cm³/mol. The number of hydrogen-bond acceptors (Lipinski definition) is 4. The van der Waals surface area contributed by atoms with Gasteiger partial charge in [-0.2, -0.15) is 0 Å². The number of carbonyl (C=O) groups is 2. The van der Waals surface area contributed by atoms with Gasteiger partial charge in [0.25, 0.3) is 0 Å². The van der Waals surface area contributed by atoms with Gasteiger partial charge in [0.15, 0.2) is 0 Å². The molecular formula is C14H19ClN2O3. The second-order valence-corrected chi connectivity index (χ2v) is 5.05. The summed E-state index contributed by atoms with van der Waals surface area (Å²) in [5.41, 5.74) is 6.13. The lowest BCUT2D eigenvalue weighted by molar-refractivity contribution is -0.116. The zero-order valence-electron chi connectivity index (χ0n) is 11.6. The first-order chi connectivity index (χ1) is 9.47. The molecule has 0 bridgehead atoms. The molecule has 110 valence electrons. The maximum absolute atomic E-state index is 11.9. The van der Waals surface area contributed by atoms with E-state index in [9.17, 15) is 9.59 Å². The molecule has 0 aliphatic carbocycles. The minimum absolute atomic E-state index is 0.183. The summed E-state index contributed by atoms with van der Waals surface area (Å²) in [6.07, 6.45) is 1.03. The van der Waals surface area contributed by atoms with Gasteiger partial charge in [0, 0.05) is 11.4 Å². The Kier molecular flexibility index (Phi) is 6.48. The van der Waals surface area contributed by atoms with Crippen molar-refractivity contribution >= 4 is 29.2 Å². The van der Waals surface area contributed by atoms with E-state index >= 15 is 0 Å². The van der Waals surface area contributed by atoms with E-state index in [1.807, 2.05) is 6.92 Å². The molecule has 0 radical (unpaired) electrons. The molecule has 6 heteroatoms. The molecule has 1 amide bonds. The third-order valence-corrected chi connectivity index (χ3v) is 3.16. The van der Waals surface area contributed by atoms with Crippen molar-refractivity contribution in [2.24, 2.45) is 11.7 Å². The van der Waals surface area contributed by atoms with Crippen molar-refractivity contribution in [2.45, 2.75) is 19.8 Å². The number of anilines is 1. The van der Waals surface area contributed by atoms with Gasteiger partial charge in [-0.3, -0.25) is 4.79 Å². The summed E-state index contributed by atoms with van der Waals surface area (Å²) >= 11 is 5.88. The van der Waals surface area contributed by atoms with E-state index in [1.165, 1.54) is 19.2 Å². The topological polar surface area (TPSA) is 81.4 Å². The first kappa shape index (κ1) is 16.5. The van der Waals surface area contributed by atoms with Crippen molar-refractivity contribution in [3.63, 3.8) is 0 Å². The van der Waals surface area contributed by atoms with Crippen molar-refractivity contribution in [1.82, 2.24) is 0 Å². The summed E-state index contributed by atoms with van der Waals surface area (Å²) < 4.78 is 4.66. The van der Waals surface area contributed by atoms with E-state index in [0.717, 1.165) is 0 Å². The average Bonchev–Trinajstić information content (AvgIpc) is 2.44. The highest BCUT2D eigenvalue weighted by Gasteiger charge is 2.14. The highest BCUT2D eigenvalue weighted by molar-refractivity contribution is 6.31. The molecule has 1 aromatic carbocycles. The van der Waals surface area contributed by atoms with Crippen LogP contribution < -0.4 is 11.1 Å². The van der Waals surface area contributed by atoms with E-state index in [1.54, 1.807) is 6.07 Å². The summed E-state index contributed by atoms with van der Waals surface area (Å²) in [5.74, 6) is -0.426. The molecule has 5 nitrogen and oxygen atoms in total. The van der Waals surface area contributed by atoms with Crippen LogP contribution in [0.1, 0.15) is 30.1 Å². The Bertz CT molecular complexity index is 491. The Labute approximate surface area is 123 Å². The third kappa shape index (κ3) is 4.83. The summed E-state index contributed by atoms with van der Waals surface area (Å²) in [6.45, 7) is 2.52. The standard InChI is InChI=1S/C14H19ClN2O3/c1-9(8-16)3-6-13(18)17-12-7-10(15)4-5-11(12)14(19)20-2/h4-5,7,9H,3,6,8,16H2,1-2H3,(H,17,18). The minimum Gasteiger partial charge on any atom is -0.465 e. The van der Waals surface area contributed by atoms with Gasteiger partial charge in [-0.25, -0.2) is 4.79 Å². The Morgan fingerprint density at radius 1 is 1.45 bits per heavy atom. The van der Waals surface area contributed by atoms with Crippen LogP contribution >= 0.6 is 11.6 Å². The van der Waals surface area contributed by atoms with Crippen LogP contribution in [-0.2, 0) is 9.53 Å². The number of rotatable bonds is 6. The quantitative estimate of drug-likeness (QED) is 0.790. The van der Waals surface area contributed by atoms with Crippen LogP contribution in [0.4, 0.5) is 5.69 Å². The number of ether oxygens (including phenoxy) is 1. The fourth-order valence-electron chi connectivity index (χ4n) is 1.62. The van der Waals surface area contributed by atoms with Gasteiger partial charge in [0.05, 0.1) is 18.4 Å². The molecule has 1 rings (SSSR count). The van der Waals surface area contributed by atoms with Crippen LogP contribution in [0, 0.1) is 5.92 Å². The molecule has 0 spiro atoms. The van der Waals surface area contributed by atoms with Crippen LogP contribution in [0.25, 0.3) is 0 Å². The fourth-order valence-corrected chi connectivity index (χ4v) is 1.79. The van der Waals surface area contributed by atoms with Crippen LogP contribution in [-0.4, -0.2) is 25.5 Å². The van der Waals surface area contributed by atoms with Gasteiger partial charge in [-0.15, -0.1) is 0 Å². The molecule has 0 aromatic heterocycles. The zero-order chi connectivity index (χ0) is 15.1. The summed E-state index contributed by atoms with van der Waals surface area (Å²) in [5, 5.41) is 3.11. The second kappa shape index (κ2) is 7.87. The van der Waals surface area contributed by atoms with Crippen molar-refractivity contribution < 1.29 is 14.3 Å². The average molecular weight is 299 g/mol. The first-order valence-electron chi connectivity index (χ1n) is 6.35. The molecule has 0 heterocycles. The number of benzene rings is 1. The number of methoxy groups -OCH3 is 1. The Morgan fingerprint density at radius 2 is 2.15 bits per heavy atom. The number of amides is 1. The number of halogens is 1. The van der Waals surface area contributed by atoms with Crippen molar-refractivity contribution in [3.8, 4) is 0 Å². The normalized spacial score (nSPS) is 11.8. The summed E-state index contributed by atoms with van der Waals surface area (Å²) in [4.78, 5) is 23.5. The van der Waals surface area contributed by atoms with E-state index in [-0.39, 0.29) is 17.4 Å². The van der Waals surface area contributed by atoms with Crippen LogP contribution in [0.5, 0.6) is 0 Å². The predicted octanol–water partition coefficient (Wildman–Crippen LogP) is 2.44. The molecule has 1 aromatic rings. The lowest BCUT2D eigenvalue weighted by Gasteiger charge is -2.11. The molecule has 0 saturated carbocycles. The van der Waals surface area contributed by atoms with Gasteiger partial charge in [-0.1, -0.05) is 18.5 Å². The van der Waals surface area contributed by atoms with Crippen LogP contribution in [0.3, 0.4) is 0 Å². The van der Waals surface area contributed by atoms with Crippen LogP contribution in [0.15, 0.2) is 18.2 Å². The van der Waals surface area contributed by atoms with Gasteiger partial charge in [0.2, 0.25) is 5.91 Å². The maximum atomic E-state index is 11.9. The highest BCUT2D eigenvalue weighted by Crippen LogP contribution is 2.22. The molecular weight excluding hydrogens is 280 g/mol. The van der Waals surface area contributed by atoms with E-state index in [0.29, 0.717) is 30.1 Å². The second-order valence-electron chi connectivity index (χ2n) is 4.61. The molecule has 0 fully saturated rings. The molecule has 0 aliphatic heterocycles. The van der Waals surface area contributed by atoms with Gasteiger partial charge in [-0.05, 0) is 37.1 Å². The summed E-state index contributed by atoms with van der Waals surface area (Å²) in [6, 6.07) is 4.62. The summed E-state index contributed by atoms with van der Waals surface area (Å²) in [7, 11) is 1.28. The Balaban J connectivity index is 2.77. The monoisotopic (exact) mass is 298 g/mol. The maximum Gasteiger partial charge on any atom is 0.339 e. The number of hydrogen-bond donors (Lipinski definition) is 2. The fraction of sp³-hybridized carbons (Fsp3) is 0.429. The third-order valence-electron chi connectivity index (χ3n) is 2.93. The lowest BCUT2D eigenvalue weighted by atomic mass is 10.1. The molecule has 1 atom stereocenters. The molecule has 3 N–H and O–H groups in total. The first-order valence-corrected chi connectivity index (χ1v) is 6.73. The van der Waals surface area contributed by atoms with E-state index in [4.69, 9.17) is 17.3 Å². The molecule has 0 saturated heterocycles. The number of carbonyl (C=O) groups excluding carboxylic acids is 2. The van der Waals surface area contributed by atoms with E-state index in [2.05, 4.69) is 10.1 Å². The zero-order valence-corrected chi connectivity index (χ0v) is 12.4. The van der Waals surface area contributed by atoms with Gasteiger partial charge >= 0.3 is 5.97 Å². The Morgan fingerprint density at radius 3 is 2.75 bits per heavy atom.